The van der Waals surface area contributed by atoms with Gasteiger partial charge in [-0.05, 0) is 46.3 Å². The Morgan fingerprint density at radius 1 is 1.25 bits per heavy atom. The molecule has 2 N–H and O–H groups in total. The number of halogens is 1. The number of amides is 1. The first-order valence-corrected chi connectivity index (χ1v) is 7.19. The number of carbonyl (C=O) groups is 2. The lowest BCUT2D eigenvalue weighted by Crippen LogP contribution is -2.36. The van der Waals surface area contributed by atoms with Crippen LogP contribution in [0.1, 0.15) is 6.42 Å². The van der Waals surface area contributed by atoms with Crippen molar-refractivity contribution in [2.75, 3.05) is 5.32 Å². The summed E-state index contributed by atoms with van der Waals surface area (Å²) in [5.41, 5.74) is 0. The number of nitrogens with zero attached hydrogens (tertiary/aromatic N) is 1. The Morgan fingerprint density at radius 3 is 2.55 bits per heavy atom. The van der Waals surface area contributed by atoms with Crippen molar-refractivity contribution < 1.29 is 14.7 Å². The highest BCUT2D eigenvalue weighted by Gasteiger charge is 2.51. The van der Waals surface area contributed by atoms with Crippen LogP contribution in [0.15, 0.2) is 35.0 Å². The summed E-state index contributed by atoms with van der Waals surface area (Å²) in [5, 5.41) is 12.0. The van der Waals surface area contributed by atoms with Gasteiger partial charge in [0.15, 0.2) is 0 Å². The van der Waals surface area contributed by atoms with Gasteiger partial charge in [-0.25, -0.2) is 4.98 Å². The number of nitrogens with one attached hydrogen (secondary N) is 1. The van der Waals surface area contributed by atoms with E-state index >= 15 is 0 Å². The standard InChI is InChI=1S/C14H13BrN2O3/c15-9-3-4-10(16-6-9)17-13(18)11-7-1-2-8(5-7)12(11)14(19)20/h1-4,6-8,11-12H,5H2,(H,19,20)(H,16,17,18). The van der Waals surface area contributed by atoms with E-state index in [1.807, 2.05) is 12.2 Å². The molecule has 3 rings (SSSR count). The average molecular weight is 337 g/mol. The normalized spacial score (nSPS) is 30.4. The second kappa shape index (κ2) is 5.01. The number of carbonyl (C=O) groups excluding carboxylic acids is 1. The van der Waals surface area contributed by atoms with Crippen LogP contribution in [0.4, 0.5) is 5.82 Å². The lowest BCUT2D eigenvalue weighted by atomic mass is 9.82. The first kappa shape index (κ1) is 13.3. The van der Waals surface area contributed by atoms with Gasteiger partial charge in [0.2, 0.25) is 5.91 Å². The zero-order valence-electron chi connectivity index (χ0n) is 10.5. The second-order valence-electron chi connectivity index (χ2n) is 5.19. The summed E-state index contributed by atoms with van der Waals surface area (Å²) in [5.74, 6) is -1.85. The number of fused-ring (bicyclic) bond motifs is 2. The van der Waals surface area contributed by atoms with Crippen LogP contribution in [0.25, 0.3) is 0 Å². The van der Waals surface area contributed by atoms with Gasteiger partial charge in [0.05, 0.1) is 11.8 Å². The Labute approximate surface area is 124 Å². The molecule has 4 atom stereocenters. The van der Waals surface area contributed by atoms with Gasteiger partial charge in [0.1, 0.15) is 5.82 Å². The summed E-state index contributed by atoms with van der Waals surface area (Å²) in [4.78, 5) is 27.8. The highest BCUT2D eigenvalue weighted by molar-refractivity contribution is 9.10. The summed E-state index contributed by atoms with van der Waals surface area (Å²) in [6.07, 6.45) is 6.22. The Morgan fingerprint density at radius 2 is 1.95 bits per heavy atom. The Hall–Kier alpha value is -1.69. The predicted octanol–water partition coefficient (Wildman–Crippen LogP) is 2.31. The maximum Gasteiger partial charge on any atom is 0.307 e. The lowest BCUT2D eigenvalue weighted by molar-refractivity contribution is -0.146. The number of anilines is 1. The molecule has 1 amide bonds. The second-order valence-corrected chi connectivity index (χ2v) is 6.10. The molecule has 6 heteroatoms. The van der Waals surface area contributed by atoms with Gasteiger partial charge in [-0.1, -0.05) is 12.2 Å². The number of hydrogen-bond acceptors (Lipinski definition) is 3. The van der Waals surface area contributed by atoms with Crippen LogP contribution < -0.4 is 5.32 Å². The summed E-state index contributed by atoms with van der Waals surface area (Å²) in [6, 6.07) is 3.46. The third-order valence-corrected chi connectivity index (χ3v) is 4.49. The van der Waals surface area contributed by atoms with Crippen LogP contribution in [0, 0.1) is 23.7 Å². The summed E-state index contributed by atoms with van der Waals surface area (Å²) >= 11 is 3.27. The van der Waals surface area contributed by atoms with Crippen molar-refractivity contribution in [2.45, 2.75) is 6.42 Å². The minimum absolute atomic E-state index is 0.0221. The van der Waals surface area contributed by atoms with Crippen LogP contribution in [-0.2, 0) is 9.59 Å². The van der Waals surface area contributed by atoms with Gasteiger partial charge >= 0.3 is 5.97 Å². The van der Waals surface area contributed by atoms with Crippen molar-refractivity contribution in [3.05, 3.63) is 35.0 Å². The third kappa shape index (κ3) is 2.24. The van der Waals surface area contributed by atoms with E-state index in [0.717, 1.165) is 10.9 Å². The van der Waals surface area contributed by atoms with E-state index in [9.17, 15) is 14.7 Å². The van der Waals surface area contributed by atoms with E-state index < -0.39 is 17.8 Å². The van der Waals surface area contributed by atoms with Gasteiger partial charge in [0, 0.05) is 10.7 Å². The predicted molar refractivity (Wildman–Crippen MR) is 75.9 cm³/mol. The number of rotatable bonds is 3. The molecular formula is C14H13BrN2O3. The number of aromatic nitrogens is 1. The summed E-state index contributed by atoms with van der Waals surface area (Å²) in [6.45, 7) is 0. The molecular weight excluding hydrogens is 324 g/mol. The zero-order chi connectivity index (χ0) is 14.3. The van der Waals surface area contributed by atoms with Crippen molar-refractivity contribution >= 4 is 33.6 Å². The molecule has 2 bridgehead atoms. The van der Waals surface area contributed by atoms with Crippen molar-refractivity contribution in [1.29, 1.82) is 0 Å². The molecule has 5 nitrogen and oxygen atoms in total. The minimum atomic E-state index is -0.897. The number of allylic oxidation sites excluding steroid dienone is 2. The molecule has 0 radical (unpaired) electrons. The fourth-order valence-electron chi connectivity index (χ4n) is 3.18. The molecule has 2 aliphatic carbocycles. The smallest absolute Gasteiger partial charge is 0.307 e. The molecule has 4 unspecified atom stereocenters. The first-order valence-electron chi connectivity index (χ1n) is 6.40. The molecule has 1 aromatic rings. The van der Waals surface area contributed by atoms with Crippen molar-refractivity contribution in [3.8, 4) is 0 Å². The first-order chi connectivity index (χ1) is 9.56. The van der Waals surface area contributed by atoms with Crippen LogP contribution in [0.3, 0.4) is 0 Å². The van der Waals surface area contributed by atoms with E-state index in [0.29, 0.717) is 5.82 Å². The monoisotopic (exact) mass is 336 g/mol. The van der Waals surface area contributed by atoms with E-state index in [4.69, 9.17) is 0 Å². The Balaban J connectivity index is 1.78. The molecule has 20 heavy (non-hydrogen) atoms. The number of carboxylic acids is 1. The highest BCUT2D eigenvalue weighted by atomic mass is 79.9. The van der Waals surface area contributed by atoms with Crippen LogP contribution >= 0.6 is 15.9 Å². The highest BCUT2D eigenvalue weighted by Crippen LogP contribution is 2.48. The molecule has 0 aromatic carbocycles. The quantitative estimate of drug-likeness (QED) is 0.830. The molecule has 1 fully saturated rings. The molecule has 1 saturated carbocycles. The summed E-state index contributed by atoms with van der Waals surface area (Å²) in [7, 11) is 0. The lowest BCUT2D eigenvalue weighted by Gasteiger charge is -2.23. The van der Waals surface area contributed by atoms with Gasteiger partial charge in [-0.3, -0.25) is 9.59 Å². The summed E-state index contributed by atoms with van der Waals surface area (Å²) < 4.78 is 0.821. The van der Waals surface area contributed by atoms with Crippen molar-refractivity contribution in [3.63, 3.8) is 0 Å². The Bertz CT molecular complexity index is 585. The van der Waals surface area contributed by atoms with Gasteiger partial charge in [-0.15, -0.1) is 0 Å². The molecule has 2 aliphatic rings. The third-order valence-electron chi connectivity index (χ3n) is 4.03. The number of carboxylic acid groups (broad SMARTS) is 1. The molecule has 1 heterocycles. The maximum atomic E-state index is 12.3. The zero-order valence-corrected chi connectivity index (χ0v) is 12.1. The van der Waals surface area contributed by atoms with Crippen molar-refractivity contribution in [1.82, 2.24) is 4.98 Å². The van der Waals surface area contributed by atoms with Crippen LogP contribution in [0.2, 0.25) is 0 Å². The van der Waals surface area contributed by atoms with E-state index in [2.05, 4.69) is 26.2 Å². The number of pyridine rings is 1. The number of aliphatic carboxylic acids is 1. The van der Waals surface area contributed by atoms with E-state index in [-0.39, 0.29) is 17.7 Å². The fourth-order valence-corrected chi connectivity index (χ4v) is 3.41. The van der Waals surface area contributed by atoms with Crippen molar-refractivity contribution in [2.24, 2.45) is 23.7 Å². The fraction of sp³-hybridized carbons (Fsp3) is 0.357. The molecule has 0 spiro atoms. The van der Waals surface area contributed by atoms with E-state index in [1.54, 1.807) is 18.3 Å². The molecule has 0 saturated heterocycles. The van der Waals surface area contributed by atoms with Crippen LogP contribution in [-0.4, -0.2) is 22.0 Å². The topological polar surface area (TPSA) is 79.3 Å². The van der Waals surface area contributed by atoms with Gasteiger partial charge < -0.3 is 10.4 Å². The SMILES string of the molecule is O=C(O)C1C2C=CC(C2)C1C(=O)Nc1ccc(Br)cn1. The Kier molecular flexibility index (Phi) is 3.33. The van der Waals surface area contributed by atoms with Crippen LogP contribution in [0.5, 0.6) is 0 Å². The largest absolute Gasteiger partial charge is 0.481 e. The van der Waals surface area contributed by atoms with E-state index in [1.165, 1.54) is 0 Å². The average Bonchev–Trinajstić information content (AvgIpc) is 3.01. The molecule has 1 aromatic heterocycles. The maximum absolute atomic E-state index is 12.3. The van der Waals surface area contributed by atoms with Gasteiger partial charge in [-0.2, -0.15) is 0 Å². The number of hydrogen-bond donors (Lipinski definition) is 2. The van der Waals surface area contributed by atoms with Gasteiger partial charge in [0.25, 0.3) is 0 Å². The molecule has 0 aliphatic heterocycles. The molecule has 104 valence electrons. The minimum Gasteiger partial charge on any atom is -0.481 e.